The first kappa shape index (κ1) is 75.1. The molecule has 19 heteroatoms. The maximum absolute atomic E-state index is 12.9. The molecular formula is C58H112O17P2. The van der Waals surface area contributed by atoms with E-state index in [0.717, 1.165) is 108 Å². The molecule has 17 nitrogen and oxygen atoms in total. The predicted molar refractivity (Wildman–Crippen MR) is 303 cm³/mol. The highest BCUT2D eigenvalue weighted by Crippen LogP contribution is 2.45. The molecule has 6 atom stereocenters. The second kappa shape index (κ2) is 51.0. The molecule has 0 aliphatic heterocycles. The van der Waals surface area contributed by atoms with E-state index in [1.165, 1.54) is 89.9 Å². The summed E-state index contributed by atoms with van der Waals surface area (Å²) < 4.78 is 67.5. The lowest BCUT2D eigenvalue weighted by atomic mass is 9.99. The highest BCUT2D eigenvalue weighted by Gasteiger charge is 2.30. The number of hydrogen-bond acceptors (Lipinski definition) is 15. The molecule has 3 N–H and O–H groups in total. The third kappa shape index (κ3) is 51.9. The van der Waals surface area contributed by atoms with Crippen LogP contribution in [0.15, 0.2) is 0 Å². The molecule has 0 saturated carbocycles. The summed E-state index contributed by atoms with van der Waals surface area (Å²) in [5.74, 6) is -0.660. The van der Waals surface area contributed by atoms with Crippen LogP contribution in [0.3, 0.4) is 0 Å². The first-order valence-corrected chi connectivity index (χ1v) is 33.5. The van der Waals surface area contributed by atoms with E-state index >= 15 is 0 Å². The minimum absolute atomic E-state index is 0.104. The van der Waals surface area contributed by atoms with Gasteiger partial charge in [0.05, 0.1) is 26.4 Å². The van der Waals surface area contributed by atoms with Crippen LogP contribution in [-0.2, 0) is 65.4 Å². The van der Waals surface area contributed by atoms with Gasteiger partial charge in [0.1, 0.15) is 19.3 Å². The van der Waals surface area contributed by atoms with Gasteiger partial charge < -0.3 is 33.8 Å². The molecule has 0 aromatic rings. The Morgan fingerprint density at radius 3 is 0.987 bits per heavy atom. The van der Waals surface area contributed by atoms with E-state index in [0.29, 0.717) is 25.7 Å². The third-order valence-electron chi connectivity index (χ3n) is 13.6. The van der Waals surface area contributed by atoms with Gasteiger partial charge in [-0.25, -0.2) is 9.13 Å². The lowest BCUT2D eigenvalue weighted by molar-refractivity contribution is -0.161. The van der Waals surface area contributed by atoms with Crippen LogP contribution in [0.25, 0.3) is 0 Å². The van der Waals surface area contributed by atoms with Gasteiger partial charge in [-0.05, 0) is 37.5 Å². The second-order valence-electron chi connectivity index (χ2n) is 21.7. The summed E-state index contributed by atoms with van der Waals surface area (Å²) in [7, 11) is -9.86. The molecule has 456 valence electrons. The number of aliphatic hydroxyl groups is 1. The molecule has 3 unspecified atom stereocenters. The van der Waals surface area contributed by atoms with Crippen molar-refractivity contribution in [1.29, 1.82) is 0 Å². The summed E-state index contributed by atoms with van der Waals surface area (Å²) in [6.07, 6.45) is 31.0. The van der Waals surface area contributed by atoms with Crippen molar-refractivity contribution in [3.63, 3.8) is 0 Å². The highest BCUT2D eigenvalue weighted by atomic mass is 31.2. The number of hydrogen-bond donors (Lipinski definition) is 3. The normalized spacial score (nSPS) is 14.8. The minimum atomic E-state index is -4.94. The van der Waals surface area contributed by atoms with E-state index in [-0.39, 0.29) is 25.7 Å². The number of phosphoric acid groups is 2. The second-order valence-corrected chi connectivity index (χ2v) is 24.7. The number of unbranched alkanes of at least 4 members (excludes halogenated alkanes) is 26. The Balaban J connectivity index is 5.20. The molecule has 0 amide bonds. The Bertz CT molecular complexity index is 1530. The number of phosphoric ester groups is 2. The fraction of sp³-hybridized carbons (Fsp3) is 0.931. The zero-order valence-corrected chi connectivity index (χ0v) is 51.0. The molecule has 0 aliphatic rings. The van der Waals surface area contributed by atoms with Crippen molar-refractivity contribution >= 4 is 39.5 Å². The van der Waals surface area contributed by atoms with Crippen LogP contribution in [0, 0.1) is 11.8 Å². The maximum Gasteiger partial charge on any atom is 0.472 e. The third-order valence-corrected chi connectivity index (χ3v) is 15.5. The van der Waals surface area contributed by atoms with E-state index in [9.17, 15) is 43.2 Å². The summed E-state index contributed by atoms with van der Waals surface area (Å²) in [5.41, 5.74) is 0. The largest absolute Gasteiger partial charge is 0.472 e. The smallest absolute Gasteiger partial charge is 0.462 e. The predicted octanol–water partition coefficient (Wildman–Crippen LogP) is 15.3. The summed E-state index contributed by atoms with van der Waals surface area (Å²) in [5, 5.41) is 10.5. The average Bonchev–Trinajstić information content (AvgIpc) is 3.39. The fourth-order valence-electron chi connectivity index (χ4n) is 8.44. The first-order chi connectivity index (χ1) is 36.9. The van der Waals surface area contributed by atoms with Crippen LogP contribution in [0.4, 0.5) is 0 Å². The molecule has 0 fully saturated rings. The van der Waals surface area contributed by atoms with E-state index in [4.69, 9.17) is 37.0 Å². The van der Waals surface area contributed by atoms with Crippen LogP contribution in [0.1, 0.15) is 279 Å². The van der Waals surface area contributed by atoms with Gasteiger partial charge in [0.2, 0.25) is 0 Å². The van der Waals surface area contributed by atoms with E-state index in [2.05, 4.69) is 41.5 Å². The molecular weight excluding hydrogens is 1030 g/mol. The van der Waals surface area contributed by atoms with Crippen LogP contribution in [0.2, 0.25) is 0 Å². The van der Waals surface area contributed by atoms with Crippen molar-refractivity contribution in [3.8, 4) is 0 Å². The molecule has 0 aromatic heterocycles. The van der Waals surface area contributed by atoms with Crippen LogP contribution < -0.4 is 0 Å². The molecule has 0 aromatic carbocycles. The Labute approximate surface area is 467 Å². The van der Waals surface area contributed by atoms with E-state index in [1.54, 1.807) is 0 Å². The first-order valence-electron chi connectivity index (χ1n) is 30.5. The van der Waals surface area contributed by atoms with Gasteiger partial charge in [-0.3, -0.25) is 37.3 Å². The summed E-state index contributed by atoms with van der Waals surface area (Å²) in [6.45, 7) is 9.30. The van der Waals surface area contributed by atoms with Gasteiger partial charge >= 0.3 is 39.5 Å². The lowest BCUT2D eigenvalue weighted by Crippen LogP contribution is -2.30. The fourth-order valence-corrected chi connectivity index (χ4v) is 10.0. The number of aliphatic hydroxyl groups excluding tert-OH is 1. The van der Waals surface area contributed by atoms with Crippen molar-refractivity contribution in [1.82, 2.24) is 0 Å². The number of carbonyl (C=O) groups excluding carboxylic acids is 4. The monoisotopic (exact) mass is 1140 g/mol. The van der Waals surface area contributed by atoms with Crippen molar-refractivity contribution in [2.75, 3.05) is 39.6 Å². The van der Waals surface area contributed by atoms with Gasteiger partial charge in [-0.15, -0.1) is 0 Å². The lowest BCUT2D eigenvalue weighted by Gasteiger charge is -2.21. The quantitative estimate of drug-likeness (QED) is 0.0222. The Kier molecular flexibility index (Phi) is 49.7. The Hall–Kier alpha value is -1.94. The molecule has 0 bridgehead atoms. The Morgan fingerprint density at radius 1 is 0.377 bits per heavy atom. The minimum Gasteiger partial charge on any atom is -0.462 e. The molecule has 0 spiro atoms. The van der Waals surface area contributed by atoms with Crippen LogP contribution in [0.5, 0.6) is 0 Å². The number of carbonyl (C=O) groups is 4. The Morgan fingerprint density at radius 2 is 0.662 bits per heavy atom. The van der Waals surface area contributed by atoms with Crippen molar-refractivity contribution in [2.24, 2.45) is 11.8 Å². The molecule has 0 heterocycles. The van der Waals surface area contributed by atoms with Gasteiger partial charge in [0, 0.05) is 25.7 Å². The molecule has 0 rings (SSSR count). The number of rotatable bonds is 57. The zero-order valence-electron chi connectivity index (χ0n) is 49.2. The molecule has 0 radical (unpaired) electrons. The molecule has 0 aliphatic carbocycles. The van der Waals surface area contributed by atoms with Crippen LogP contribution >= 0.6 is 15.6 Å². The number of esters is 4. The number of ether oxygens (including phenoxy) is 4. The maximum atomic E-state index is 12.9. The van der Waals surface area contributed by atoms with Gasteiger partial charge in [-0.2, -0.15) is 0 Å². The zero-order chi connectivity index (χ0) is 57.3. The highest BCUT2D eigenvalue weighted by molar-refractivity contribution is 7.47. The van der Waals surface area contributed by atoms with Gasteiger partial charge in [-0.1, -0.05) is 228 Å². The van der Waals surface area contributed by atoms with Gasteiger partial charge in [0.15, 0.2) is 12.2 Å². The van der Waals surface area contributed by atoms with E-state index in [1.807, 2.05) is 0 Å². The van der Waals surface area contributed by atoms with Crippen LogP contribution in [-0.4, -0.2) is 96.7 Å². The summed E-state index contributed by atoms with van der Waals surface area (Å²) in [6, 6.07) is 0. The van der Waals surface area contributed by atoms with Crippen molar-refractivity contribution in [3.05, 3.63) is 0 Å². The van der Waals surface area contributed by atoms with Gasteiger partial charge in [0.25, 0.3) is 0 Å². The standard InChI is InChI=1S/C58H112O17P2/c1-7-10-12-14-15-16-24-30-36-42-57(62)74-53(46-68-55(60)40-34-26-13-11-8-2)48-72-76(64,65)70-44-52(59)45-71-77(66,67)73-49-54(47-69-56(61)41-35-29-23-19-17-21-27-32-38-50(4)5)75-58(63)43-37-31-25-20-18-22-28-33-39-51(6)9-3/h50-54,59H,7-49H2,1-6H3,(H,64,65)(H,66,67)/t51?,52-,53+,54+/m0/s1. The summed E-state index contributed by atoms with van der Waals surface area (Å²) in [4.78, 5) is 71.6. The topological polar surface area (TPSA) is 237 Å². The summed E-state index contributed by atoms with van der Waals surface area (Å²) >= 11 is 0. The van der Waals surface area contributed by atoms with Crippen molar-refractivity contribution in [2.45, 2.75) is 297 Å². The van der Waals surface area contributed by atoms with E-state index < -0.39 is 97.5 Å². The van der Waals surface area contributed by atoms with Crippen molar-refractivity contribution < 1.29 is 80.2 Å². The average molecular weight is 1140 g/mol. The molecule has 0 saturated heterocycles. The molecule has 77 heavy (non-hydrogen) atoms. The SMILES string of the molecule is CCCCCCCCCCCC(=O)O[C@H](COC(=O)CCCCCCC)COP(=O)(O)OC[C@H](O)COP(=O)(O)OC[C@@H](COC(=O)CCCCCCCCCCC(C)C)OC(=O)CCCCCCCCCCC(C)CC.